The van der Waals surface area contributed by atoms with Crippen LogP contribution in [0.3, 0.4) is 0 Å². The summed E-state index contributed by atoms with van der Waals surface area (Å²) in [4.78, 5) is 56.4. The highest BCUT2D eigenvalue weighted by Gasteiger charge is 2.46. The number of sulfone groups is 1. The molecule has 0 bridgehead atoms. The Hall–Kier alpha value is -6.95. The molecule has 2 aromatic heterocycles. The number of rotatable bonds is 29. The Morgan fingerprint density at radius 1 is 0.977 bits per heavy atom. The van der Waals surface area contributed by atoms with Crippen LogP contribution in [-0.2, 0) is 40.2 Å². The number of hydrogen-bond acceptors (Lipinski definition) is 22. The summed E-state index contributed by atoms with van der Waals surface area (Å²) in [6.45, 7) is 19.3. The standard InChI is InChI=1S/C59H75ClF2N12O11S2/c1-9-11-43(60)49(63-6)48(42-12-10-13-47-50(42)85-59(61,62)84-47)67-44-19-18-41(87(8,78)79)33-45(44)68-55-69-56(71-57(70-55)80-7)73-23-21-72(22-24-73)25-27-82-29-31-83-30-28-81-26-20-64-52(58(3,4)5)54(77)74-35-40(75)32-46(74)53(76)65-34-38-14-16-39(17-15-38)51-37(2)66-36-86-51/h9-19,33,36,40,46,48,52,64,67,75H,6,20-32,34-35H2,1-5,7-8H3,(H,65,76)(H,68,69,70,71)/b11-9-,49-43+/t40-,46+,48+,52-/m1/s1. The normalized spacial score (nSPS) is 17.9. The number of para-hydroxylation sites is 1. The van der Waals surface area contributed by atoms with Gasteiger partial charge in [-0.2, -0.15) is 15.0 Å². The van der Waals surface area contributed by atoms with Gasteiger partial charge in [-0.25, -0.2) is 13.4 Å². The topological polar surface area (TPSA) is 266 Å². The van der Waals surface area contributed by atoms with Gasteiger partial charge in [0, 0.05) is 70.6 Å². The van der Waals surface area contributed by atoms with Gasteiger partial charge in [-0.15, -0.1) is 20.1 Å². The van der Waals surface area contributed by atoms with E-state index in [1.807, 2.05) is 62.4 Å². The number of aryl methyl sites for hydroxylation is 1. The first-order valence-corrected chi connectivity index (χ1v) is 31.5. The van der Waals surface area contributed by atoms with E-state index in [1.165, 1.54) is 48.4 Å². The monoisotopic (exact) mass is 1260 g/mol. The number of methoxy groups -OCH3 is 1. The summed E-state index contributed by atoms with van der Waals surface area (Å²) in [5.41, 5.74) is 4.99. The molecule has 0 saturated carbocycles. The molecule has 5 heterocycles. The lowest BCUT2D eigenvalue weighted by atomic mass is 9.85. The largest absolute Gasteiger partial charge is 0.586 e. The molecule has 5 aromatic rings. The lowest BCUT2D eigenvalue weighted by Crippen LogP contribution is -2.57. The van der Waals surface area contributed by atoms with E-state index in [2.05, 4.69) is 52.8 Å². The van der Waals surface area contributed by atoms with Gasteiger partial charge in [0.2, 0.25) is 23.7 Å². The number of carbonyl (C=O) groups is 2. The van der Waals surface area contributed by atoms with E-state index in [0.29, 0.717) is 84.9 Å². The Morgan fingerprint density at radius 3 is 2.34 bits per heavy atom. The molecule has 28 heteroatoms. The highest BCUT2D eigenvalue weighted by Crippen LogP contribution is 2.48. The van der Waals surface area contributed by atoms with Crippen LogP contribution >= 0.6 is 22.9 Å². The number of aliphatic hydroxyl groups excluding tert-OH is 1. The number of amides is 2. The van der Waals surface area contributed by atoms with Crippen LogP contribution in [0.2, 0.25) is 0 Å². The lowest BCUT2D eigenvalue weighted by Gasteiger charge is -2.35. The maximum Gasteiger partial charge on any atom is 0.586 e. The van der Waals surface area contributed by atoms with E-state index in [-0.39, 0.29) is 87.3 Å². The summed E-state index contributed by atoms with van der Waals surface area (Å²) in [6.07, 6.45) is -0.314. The molecule has 4 atom stereocenters. The van der Waals surface area contributed by atoms with Crippen molar-refractivity contribution in [2.24, 2.45) is 10.4 Å². The summed E-state index contributed by atoms with van der Waals surface area (Å²) in [7, 11) is -2.34. The van der Waals surface area contributed by atoms with Gasteiger partial charge in [-0.05, 0) is 67.4 Å². The number of anilines is 4. The first-order valence-electron chi connectivity index (χ1n) is 28.3. The second-order valence-electron chi connectivity index (χ2n) is 21.9. The van der Waals surface area contributed by atoms with Gasteiger partial charge in [-0.3, -0.25) is 19.5 Å². The zero-order valence-electron chi connectivity index (χ0n) is 49.7. The number of benzene rings is 3. The number of piperazine rings is 1. The van der Waals surface area contributed by atoms with Crippen molar-refractivity contribution in [1.29, 1.82) is 0 Å². The number of aliphatic imine (C=N–C) groups is 1. The minimum Gasteiger partial charge on any atom is -0.467 e. The highest BCUT2D eigenvalue weighted by atomic mass is 35.5. The lowest BCUT2D eigenvalue weighted by molar-refractivity contribution is -0.287. The quantitative estimate of drug-likeness (QED) is 0.0181. The average Bonchev–Trinajstić information content (AvgIpc) is 1.85. The van der Waals surface area contributed by atoms with Crippen LogP contribution in [0.1, 0.15) is 57.0 Å². The van der Waals surface area contributed by atoms with Gasteiger partial charge in [-0.1, -0.05) is 74.8 Å². The Balaban J connectivity index is 0.762. The van der Waals surface area contributed by atoms with Crippen molar-refractivity contribution in [3.8, 4) is 28.0 Å². The molecule has 0 unspecified atom stereocenters. The predicted octanol–water partition coefficient (Wildman–Crippen LogP) is 7.12. The van der Waals surface area contributed by atoms with Crippen LogP contribution in [0.5, 0.6) is 17.5 Å². The molecule has 87 heavy (non-hydrogen) atoms. The molecule has 2 saturated heterocycles. The fourth-order valence-corrected chi connectivity index (χ4v) is 11.8. The smallest absolute Gasteiger partial charge is 0.467 e. The summed E-state index contributed by atoms with van der Waals surface area (Å²) >= 11 is 8.28. The first kappa shape index (κ1) is 66.0. The molecule has 0 aliphatic carbocycles. The van der Waals surface area contributed by atoms with Crippen LogP contribution in [0, 0.1) is 12.3 Å². The number of ether oxygens (including phenoxy) is 6. The van der Waals surface area contributed by atoms with Crippen LogP contribution in [0.15, 0.2) is 98.9 Å². The third-order valence-corrected chi connectivity index (χ3v) is 16.9. The number of thiazole rings is 1. The number of β-amino-alcohol motifs (C(OH)–C–C–N with tert-alkyl or cyclic N) is 1. The van der Waals surface area contributed by atoms with Crippen molar-refractivity contribution in [2.75, 3.05) is 114 Å². The molecule has 2 fully saturated rings. The van der Waals surface area contributed by atoms with Crippen molar-refractivity contribution in [3.05, 3.63) is 106 Å². The number of allylic oxidation sites excluding steroid dienone is 3. The van der Waals surface area contributed by atoms with E-state index in [9.17, 15) is 31.9 Å². The van der Waals surface area contributed by atoms with Gasteiger partial charge in [0.05, 0.1) is 108 Å². The number of halogens is 3. The molecule has 2 amide bonds. The van der Waals surface area contributed by atoms with Crippen LogP contribution in [0.25, 0.3) is 10.4 Å². The molecule has 3 aliphatic heterocycles. The minimum absolute atomic E-state index is 0.0121. The van der Waals surface area contributed by atoms with E-state index in [4.69, 9.17) is 45.0 Å². The van der Waals surface area contributed by atoms with Crippen molar-refractivity contribution in [1.82, 2.24) is 40.4 Å². The molecule has 3 aromatic carbocycles. The number of likely N-dealkylation sites (tertiary alicyclic amines) is 1. The van der Waals surface area contributed by atoms with Gasteiger partial charge >= 0.3 is 12.3 Å². The van der Waals surface area contributed by atoms with Gasteiger partial charge in [0.15, 0.2) is 21.3 Å². The van der Waals surface area contributed by atoms with Crippen molar-refractivity contribution < 1.29 is 60.3 Å². The maximum absolute atomic E-state index is 14.5. The molecule has 0 spiro atoms. The van der Waals surface area contributed by atoms with E-state index >= 15 is 0 Å². The fraction of sp³-hybridized carbons (Fsp3) is 0.475. The van der Waals surface area contributed by atoms with Gasteiger partial charge in [0.1, 0.15) is 6.04 Å². The molecule has 0 radical (unpaired) electrons. The van der Waals surface area contributed by atoms with E-state index in [1.54, 1.807) is 30.4 Å². The number of nitrogens with zero attached hydrogens (tertiary/aromatic N) is 8. The molecule has 23 nitrogen and oxygen atoms in total. The SMILES string of the molecule is C=N/C(=C(Cl)\C=C/C)[C@@H](Nc1ccc(S(C)(=O)=O)cc1Nc1nc(OC)nc(N2CCN(CCOCCOCCOCCN[C@H](C(=O)N3C[C@H](O)C[C@H]3C(=O)NCc3ccc(-c4scnc4C)cc3)C(C)(C)C)CC2)n1)c1cccc2c1OC(F)(F)O2. The Morgan fingerprint density at radius 2 is 1.69 bits per heavy atom. The van der Waals surface area contributed by atoms with Crippen LogP contribution in [0.4, 0.5) is 32.1 Å². The second-order valence-corrected chi connectivity index (χ2v) is 25.1. The zero-order valence-corrected chi connectivity index (χ0v) is 52.1. The van der Waals surface area contributed by atoms with Crippen LogP contribution in [-0.4, -0.2) is 185 Å². The van der Waals surface area contributed by atoms with Crippen molar-refractivity contribution in [3.63, 3.8) is 0 Å². The number of nitrogens with one attached hydrogen (secondary N) is 4. The summed E-state index contributed by atoms with van der Waals surface area (Å²) in [5.74, 6) is -0.725. The minimum atomic E-state index is -3.94. The Labute approximate surface area is 514 Å². The highest BCUT2D eigenvalue weighted by molar-refractivity contribution is 7.90. The fourth-order valence-electron chi connectivity index (χ4n) is 10.0. The number of aromatic nitrogens is 4. The van der Waals surface area contributed by atoms with Crippen molar-refractivity contribution >= 4 is 74.6 Å². The summed E-state index contributed by atoms with van der Waals surface area (Å²) in [6, 6.07) is 14.0. The number of aliphatic hydroxyl groups is 1. The molecule has 470 valence electrons. The number of carbonyl (C=O) groups excluding carboxylic acids is 2. The van der Waals surface area contributed by atoms with Crippen molar-refractivity contribution in [2.45, 2.75) is 83.0 Å². The van der Waals surface area contributed by atoms with E-state index in [0.717, 1.165) is 28.0 Å². The van der Waals surface area contributed by atoms with E-state index < -0.39 is 45.8 Å². The molecule has 5 N–H and O–H groups in total. The third kappa shape index (κ3) is 17.7. The molecular weight excluding hydrogens is 1190 g/mol. The number of alkyl halides is 2. The zero-order chi connectivity index (χ0) is 62.5. The molecule has 3 aliphatic rings. The average molecular weight is 1270 g/mol. The van der Waals surface area contributed by atoms with Gasteiger partial charge in [0.25, 0.3) is 0 Å². The Kier molecular flexibility index (Phi) is 22.6. The Bertz CT molecular complexity index is 3370. The third-order valence-electron chi connectivity index (χ3n) is 14.5. The maximum atomic E-state index is 14.5. The molecular formula is C59H75ClF2N12O11S2. The first-order chi connectivity index (χ1) is 41.5. The molecule has 8 rings (SSSR count). The summed E-state index contributed by atoms with van der Waals surface area (Å²) in [5, 5.41) is 23.5. The predicted molar refractivity (Wildman–Crippen MR) is 328 cm³/mol. The number of hydrogen-bond donors (Lipinski definition) is 5. The second kappa shape index (κ2) is 29.8. The number of fused-ring (bicyclic) bond motifs is 1. The van der Waals surface area contributed by atoms with Gasteiger partial charge < -0.3 is 64.6 Å². The van der Waals surface area contributed by atoms with Crippen LogP contribution < -0.4 is 40.4 Å². The summed E-state index contributed by atoms with van der Waals surface area (Å²) < 4.78 is 87.4.